The molecule has 1 aliphatic rings. The van der Waals surface area contributed by atoms with E-state index in [4.69, 9.17) is 29.4 Å². The van der Waals surface area contributed by atoms with Gasteiger partial charge in [-0.1, -0.05) is 0 Å². The van der Waals surface area contributed by atoms with E-state index in [1.54, 1.807) is 0 Å². The van der Waals surface area contributed by atoms with Gasteiger partial charge < -0.3 is 55.4 Å². The smallest absolute Gasteiger partial charge is 0.336 e. The Bertz CT molecular complexity index is 1720. The molecule has 1 aliphatic heterocycles. The summed E-state index contributed by atoms with van der Waals surface area (Å²) in [5.41, 5.74) is 3.88. The van der Waals surface area contributed by atoms with E-state index in [1.165, 1.54) is 26.0 Å². The molecule has 1 fully saturated rings. The van der Waals surface area contributed by atoms with Gasteiger partial charge >= 0.3 is 29.8 Å². The Hall–Kier alpha value is -6.23. The van der Waals surface area contributed by atoms with Crippen molar-refractivity contribution in [2.45, 2.75) is 115 Å². The number of nitrogens with two attached hydrogens (primary N) is 1. The Morgan fingerprint density at radius 3 is 2.00 bits per heavy atom. The number of amides is 4. The van der Waals surface area contributed by atoms with Gasteiger partial charge in [-0.05, 0) is 38.8 Å². The number of carbonyl (C=O) groups excluding carboxylic acids is 9. The van der Waals surface area contributed by atoms with E-state index in [-0.39, 0.29) is 24.3 Å². The van der Waals surface area contributed by atoms with E-state index < -0.39 is 126 Å². The first kappa shape index (κ1) is 47.9. The predicted molar refractivity (Wildman–Crippen MR) is 193 cm³/mol. The lowest BCUT2D eigenvalue weighted by Gasteiger charge is -2.45. The highest BCUT2D eigenvalue weighted by atomic mass is 16.6. The molecule has 320 valence electrons. The fraction of sp³-hybridized carbons (Fsp3) is 0.571. The average Bonchev–Trinajstić information content (AvgIpc) is 3.12. The van der Waals surface area contributed by atoms with Gasteiger partial charge in [-0.2, -0.15) is 0 Å². The van der Waals surface area contributed by atoms with Gasteiger partial charge in [-0.3, -0.25) is 48.5 Å². The van der Waals surface area contributed by atoms with Gasteiger partial charge in [-0.15, -0.1) is 0 Å². The molecule has 1 aromatic rings. The lowest BCUT2D eigenvalue weighted by molar-refractivity contribution is -0.384. The molecule has 7 atom stereocenters. The van der Waals surface area contributed by atoms with Gasteiger partial charge in [-0.25, -0.2) is 4.79 Å². The van der Waals surface area contributed by atoms with Crippen molar-refractivity contribution in [2.24, 2.45) is 5.73 Å². The maximum Gasteiger partial charge on any atom is 0.336 e. The molecule has 6 N–H and O–H groups in total. The highest BCUT2D eigenvalue weighted by molar-refractivity contribution is 5.94. The third-order valence-corrected chi connectivity index (χ3v) is 8.14. The zero-order chi connectivity index (χ0) is 43.9. The van der Waals surface area contributed by atoms with Gasteiger partial charge in [0.1, 0.15) is 36.1 Å². The number of nitro benzene ring substituents is 1. The molecule has 1 aromatic carbocycles. The number of benzene rings is 1. The van der Waals surface area contributed by atoms with Crippen molar-refractivity contribution in [3.05, 3.63) is 34.4 Å². The van der Waals surface area contributed by atoms with E-state index >= 15 is 0 Å². The van der Waals surface area contributed by atoms with Crippen LogP contribution in [0, 0.1) is 10.1 Å². The van der Waals surface area contributed by atoms with Crippen molar-refractivity contribution in [3.63, 3.8) is 0 Å². The summed E-state index contributed by atoms with van der Waals surface area (Å²) in [6.07, 6.45) is -7.24. The van der Waals surface area contributed by atoms with Crippen molar-refractivity contribution in [1.29, 1.82) is 0 Å². The normalized spacial score (nSPS) is 19.8. The number of ether oxygens (including phenoxy) is 6. The van der Waals surface area contributed by atoms with Crippen molar-refractivity contribution in [1.82, 2.24) is 21.3 Å². The van der Waals surface area contributed by atoms with Crippen molar-refractivity contribution in [3.8, 4) is 5.75 Å². The number of nitrogens with one attached hydrogen (secondary N) is 4. The van der Waals surface area contributed by atoms with Crippen molar-refractivity contribution >= 4 is 59.2 Å². The van der Waals surface area contributed by atoms with Crippen LogP contribution in [-0.2, 0) is 66.8 Å². The van der Waals surface area contributed by atoms with E-state index in [0.717, 1.165) is 46.9 Å². The monoisotopic (exact) mass is 824 g/mol. The second kappa shape index (κ2) is 21.9. The minimum Gasteiger partial charge on any atom is -0.469 e. The molecule has 23 nitrogen and oxygen atoms in total. The fourth-order valence-electron chi connectivity index (χ4n) is 5.33. The number of nitrogens with zero attached hydrogens (tertiary/aromatic N) is 1. The van der Waals surface area contributed by atoms with Crippen LogP contribution in [0.5, 0.6) is 5.75 Å². The number of methoxy groups -OCH3 is 1. The van der Waals surface area contributed by atoms with Crippen LogP contribution in [0.3, 0.4) is 0 Å². The molecule has 0 spiro atoms. The summed E-state index contributed by atoms with van der Waals surface area (Å²) in [5, 5.41) is 20.8. The highest BCUT2D eigenvalue weighted by Gasteiger charge is 2.51. The summed E-state index contributed by atoms with van der Waals surface area (Å²) < 4.78 is 31.6. The second-order valence-electron chi connectivity index (χ2n) is 13.4. The standard InChI is InChI=1S/C35H48N6O17/c1-17(42)37-28-30(56-20(4)45)29(55-19(3)44)25(16-54-18(2)43)58-33(28)39-26(46)14-13-24(38-31(48)23(36)12-15-27(47)53-7)32(49)40-35(5,6)34(50)57-22-10-8-21(9-11-22)41(51)52/h8-11,23-25,28-30,33H,12-16,36H2,1-7H3,(H,37,42)(H,38,48)(H,39,46)(H,40,49)/t23?,24?,25-,28-,29-,30-,33-/m1/s1. The number of hydrogen-bond acceptors (Lipinski definition) is 18. The van der Waals surface area contributed by atoms with Crippen LogP contribution in [0.2, 0.25) is 0 Å². The topological polar surface area (TPSA) is 326 Å². The molecule has 2 unspecified atom stereocenters. The molecular formula is C35H48N6O17. The first-order valence-electron chi connectivity index (χ1n) is 17.7. The van der Waals surface area contributed by atoms with Gasteiger partial charge in [0.05, 0.1) is 18.1 Å². The number of carbonyl (C=O) groups is 9. The first-order valence-corrected chi connectivity index (χ1v) is 17.7. The van der Waals surface area contributed by atoms with Gasteiger partial charge in [0.25, 0.3) is 5.69 Å². The number of esters is 5. The molecule has 0 bridgehead atoms. The van der Waals surface area contributed by atoms with Crippen LogP contribution in [0.4, 0.5) is 5.69 Å². The van der Waals surface area contributed by atoms with Crippen LogP contribution >= 0.6 is 0 Å². The summed E-state index contributed by atoms with van der Waals surface area (Å²) in [7, 11) is 1.14. The van der Waals surface area contributed by atoms with Crippen LogP contribution in [0.1, 0.15) is 67.2 Å². The third-order valence-electron chi connectivity index (χ3n) is 8.14. The Labute approximate surface area is 331 Å². The maximum absolute atomic E-state index is 13.7. The molecule has 0 radical (unpaired) electrons. The van der Waals surface area contributed by atoms with Crippen LogP contribution in [0.25, 0.3) is 0 Å². The minimum atomic E-state index is -1.79. The maximum atomic E-state index is 13.7. The van der Waals surface area contributed by atoms with E-state index in [1.807, 2.05) is 0 Å². The Morgan fingerprint density at radius 1 is 0.862 bits per heavy atom. The lowest BCUT2D eigenvalue weighted by atomic mass is 9.94. The van der Waals surface area contributed by atoms with Gasteiger partial charge in [0.2, 0.25) is 23.6 Å². The Kier molecular flexibility index (Phi) is 18.1. The molecule has 0 aromatic heterocycles. The largest absolute Gasteiger partial charge is 0.469 e. The Balaban J connectivity index is 2.36. The lowest BCUT2D eigenvalue weighted by Crippen LogP contribution is -2.69. The summed E-state index contributed by atoms with van der Waals surface area (Å²) in [6, 6.07) is 0.251. The Morgan fingerprint density at radius 2 is 1.47 bits per heavy atom. The summed E-state index contributed by atoms with van der Waals surface area (Å²) in [5.74, 6) is -7.66. The highest BCUT2D eigenvalue weighted by Crippen LogP contribution is 2.27. The average molecular weight is 825 g/mol. The zero-order valence-corrected chi connectivity index (χ0v) is 32.9. The second-order valence-corrected chi connectivity index (χ2v) is 13.4. The zero-order valence-electron chi connectivity index (χ0n) is 32.9. The minimum absolute atomic E-state index is 0.0799. The number of non-ortho nitro benzene ring substituents is 1. The van der Waals surface area contributed by atoms with Gasteiger partial charge in [0, 0.05) is 52.7 Å². The third kappa shape index (κ3) is 15.4. The summed E-state index contributed by atoms with van der Waals surface area (Å²) >= 11 is 0. The molecule has 0 saturated carbocycles. The van der Waals surface area contributed by atoms with E-state index in [0.29, 0.717) is 0 Å². The van der Waals surface area contributed by atoms with Crippen LogP contribution in [0.15, 0.2) is 24.3 Å². The summed E-state index contributed by atoms with van der Waals surface area (Å²) in [6.45, 7) is 6.28. The number of hydrogen-bond donors (Lipinski definition) is 5. The molecule has 58 heavy (non-hydrogen) atoms. The van der Waals surface area contributed by atoms with Crippen molar-refractivity contribution in [2.75, 3.05) is 13.7 Å². The molecule has 2 rings (SSSR count). The first-order chi connectivity index (χ1) is 27.0. The summed E-state index contributed by atoms with van der Waals surface area (Å²) in [4.78, 5) is 123. The van der Waals surface area contributed by atoms with Crippen molar-refractivity contribution < 1.29 is 76.5 Å². The van der Waals surface area contributed by atoms with Gasteiger partial charge in [0.15, 0.2) is 18.4 Å². The number of nitro groups is 1. The molecule has 23 heteroatoms. The van der Waals surface area contributed by atoms with Crippen LogP contribution < -0.4 is 31.7 Å². The molecule has 1 heterocycles. The molecule has 4 amide bonds. The van der Waals surface area contributed by atoms with E-state index in [2.05, 4.69) is 26.0 Å². The predicted octanol–water partition coefficient (Wildman–Crippen LogP) is -1.29. The van der Waals surface area contributed by atoms with Crippen LogP contribution in [-0.4, -0.2) is 120 Å². The fourth-order valence-corrected chi connectivity index (χ4v) is 5.33. The number of rotatable bonds is 19. The quantitative estimate of drug-likeness (QED) is 0.0356. The molecule has 1 saturated heterocycles. The molecule has 0 aliphatic carbocycles. The molecular weight excluding hydrogens is 776 g/mol. The van der Waals surface area contributed by atoms with E-state index in [9.17, 15) is 53.3 Å². The SMILES string of the molecule is COC(=O)CCC(N)C(=O)NC(CCC(=O)N[C@@H]1O[C@H](COC(C)=O)[C@@H](OC(C)=O)[C@H](OC(C)=O)[C@H]1NC(C)=O)C(=O)NC(C)(C)C(=O)Oc1ccc([N+](=O)[O-])cc1.